The second-order valence-corrected chi connectivity index (χ2v) is 6.17. The van der Waals surface area contributed by atoms with Crippen LogP contribution in [0, 0.1) is 5.92 Å². The number of hydrogen-bond donors (Lipinski definition) is 2. The summed E-state index contributed by atoms with van der Waals surface area (Å²) in [4.78, 5) is 35.1. The zero-order valence-electron chi connectivity index (χ0n) is 14.8. The maximum Gasteiger partial charge on any atom is 0.338 e. The van der Waals surface area contributed by atoms with Crippen LogP contribution in [0.5, 0.6) is 0 Å². The first-order chi connectivity index (χ1) is 12.5. The molecular formula is C20H22N2O4. The van der Waals surface area contributed by atoms with Gasteiger partial charge < -0.3 is 10.1 Å². The molecule has 0 radical (unpaired) electrons. The minimum Gasteiger partial charge on any atom is -0.452 e. The maximum atomic E-state index is 12.0. The van der Waals surface area contributed by atoms with Crippen molar-refractivity contribution in [3.05, 3.63) is 60.2 Å². The van der Waals surface area contributed by atoms with Gasteiger partial charge in [0.25, 0.3) is 5.91 Å². The Labute approximate surface area is 152 Å². The first-order valence-corrected chi connectivity index (χ1v) is 8.36. The predicted octanol–water partition coefficient (Wildman–Crippen LogP) is 2.99. The Morgan fingerprint density at radius 1 is 0.923 bits per heavy atom. The van der Waals surface area contributed by atoms with Gasteiger partial charge in [-0.05, 0) is 29.2 Å². The van der Waals surface area contributed by atoms with Crippen LogP contribution in [0.4, 0.5) is 4.79 Å². The van der Waals surface area contributed by atoms with Gasteiger partial charge in [0.1, 0.15) is 0 Å². The van der Waals surface area contributed by atoms with Crippen molar-refractivity contribution in [1.82, 2.24) is 10.6 Å². The van der Waals surface area contributed by atoms with Crippen molar-refractivity contribution in [2.24, 2.45) is 5.92 Å². The minimum atomic E-state index is -0.680. The van der Waals surface area contributed by atoms with Crippen molar-refractivity contribution in [2.45, 2.75) is 13.8 Å². The summed E-state index contributed by atoms with van der Waals surface area (Å²) in [6, 6.07) is 16.0. The third-order valence-electron chi connectivity index (χ3n) is 3.49. The largest absolute Gasteiger partial charge is 0.452 e. The van der Waals surface area contributed by atoms with Crippen LogP contribution < -0.4 is 10.6 Å². The Bertz CT molecular complexity index is 755. The fourth-order valence-corrected chi connectivity index (χ4v) is 2.15. The lowest BCUT2D eigenvalue weighted by atomic mass is 10.0. The Morgan fingerprint density at radius 3 is 2.15 bits per heavy atom. The number of benzene rings is 2. The van der Waals surface area contributed by atoms with Crippen molar-refractivity contribution < 1.29 is 19.1 Å². The molecule has 2 aromatic rings. The van der Waals surface area contributed by atoms with Crippen LogP contribution in [0.15, 0.2) is 54.6 Å². The second-order valence-electron chi connectivity index (χ2n) is 6.17. The lowest BCUT2D eigenvalue weighted by Gasteiger charge is -2.09. The second kappa shape index (κ2) is 9.36. The Balaban J connectivity index is 1.82. The average molecular weight is 354 g/mol. The van der Waals surface area contributed by atoms with Gasteiger partial charge in [-0.2, -0.15) is 0 Å². The highest BCUT2D eigenvalue weighted by molar-refractivity contribution is 5.97. The number of imide groups is 1. The number of rotatable bonds is 6. The highest BCUT2D eigenvalue weighted by Gasteiger charge is 2.12. The maximum absolute atomic E-state index is 12.0. The first kappa shape index (κ1) is 19.2. The highest BCUT2D eigenvalue weighted by Crippen LogP contribution is 2.19. The topological polar surface area (TPSA) is 84.5 Å². The number of carbonyl (C=O) groups excluding carboxylic acids is 3. The fraction of sp³-hybridized carbons (Fsp3) is 0.250. The third kappa shape index (κ3) is 6.05. The van der Waals surface area contributed by atoms with E-state index in [1.807, 2.05) is 56.3 Å². The molecule has 0 saturated carbocycles. The van der Waals surface area contributed by atoms with Crippen LogP contribution in [0.2, 0.25) is 0 Å². The molecule has 0 aliphatic rings. The van der Waals surface area contributed by atoms with Crippen LogP contribution >= 0.6 is 0 Å². The molecule has 2 N–H and O–H groups in total. The monoisotopic (exact) mass is 354 g/mol. The summed E-state index contributed by atoms with van der Waals surface area (Å²) >= 11 is 0. The first-order valence-electron chi connectivity index (χ1n) is 8.36. The summed E-state index contributed by atoms with van der Waals surface area (Å²) in [7, 11) is 0. The molecule has 2 aromatic carbocycles. The number of esters is 1. The summed E-state index contributed by atoms with van der Waals surface area (Å²) in [6.07, 6.45) is 0. The van der Waals surface area contributed by atoms with Crippen LogP contribution in [-0.2, 0) is 9.53 Å². The van der Waals surface area contributed by atoms with Crippen molar-refractivity contribution in [1.29, 1.82) is 0 Å². The van der Waals surface area contributed by atoms with Crippen molar-refractivity contribution in [3.8, 4) is 11.1 Å². The summed E-state index contributed by atoms with van der Waals surface area (Å²) in [6.45, 7) is 3.81. The summed E-state index contributed by atoms with van der Waals surface area (Å²) in [5, 5.41) is 4.65. The smallest absolute Gasteiger partial charge is 0.338 e. The van der Waals surface area contributed by atoms with Gasteiger partial charge in [-0.3, -0.25) is 10.1 Å². The molecule has 0 saturated heterocycles. The molecule has 136 valence electrons. The minimum absolute atomic E-state index is 0.271. The number of nitrogens with one attached hydrogen (secondary N) is 2. The van der Waals surface area contributed by atoms with Crippen LogP contribution in [0.3, 0.4) is 0 Å². The average Bonchev–Trinajstić information content (AvgIpc) is 2.65. The molecule has 0 fully saturated rings. The highest BCUT2D eigenvalue weighted by atomic mass is 16.5. The molecule has 6 heteroatoms. The van der Waals surface area contributed by atoms with Gasteiger partial charge in [0, 0.05) is 6.54 Å². The van der Waals surface area contributed by atoms with Crippen LogP contribution in [-0.4, -0.2) is 31.1 Å². The molecule has 0 spiro atoms. The normalized spacial score (nSPS) is 10.3. The van der Waals surface area contributed by atoms with Gasteiger partial charge in [-0.25, -0.2) is 9.59 Å². The van der Waals surface area contributed by atoms with E-state index in [0.29, 0.717) is 12.1 Å². The van der Waals surface area contributed by atoms with Crippen molar-refractivity contribution in [2.75, 3.05) is 13.2 Å². The summed E-state index contributed by atoms with van der Waals surface area (Å²) in [5.74, 6) is -1.03. The van der Waals surface area contributed by atoms with Crippen molar-refractivity contribution in [3.63, 3.8) is 0 Å². The molecule has 0 aliphatic carbocycles. The van der Waals surface area contributed by atoms with E-state index in [1.165, 1.54) is 0 Å². The number of urea groups is 1. The summed E-state index contributed by atoms with van der Waals surface area (Å²) < 4.78 is 4.93. The summed E-state index contributed by atoms with van der Waals surface area (Å²) in [5.41, 5.74) is 2.35. The van der Waals surface area contributed by atoms with Gasteiger partial charge >= 0.3 is 12.0 Å². The Hall–Kier alpha value is -3.15. The van der Waals surface area contributed by atoms with E-state index in [9.17, 15) is 14.4 Å². The van der Waals surface area contributed by atoms with Gasteiger partial charge in [0.2, 0.25) is 0 Å². The lowest BCUT2D eigenvalue weighted by Crippen LogP contribution is -2.42. The van der Waals surface area contributed by atoms with Gasteiger partial charge in [0.05, 0.1) is 5.56 Å². The van der Waals surface area contributed by atoms with E-state index in [-0.39, 0.29) is 5.92 Å². The molecule has 2 rings (SSSR count). The molecular weight excluding hydrogens is 332 g/mol. The van der Waals surface area contributed by atoms with E-state index in [1.54, 1.807) is 12.1 Å². The van der Waals surface area contributed by atoms with Gasteiger partial charge in [-0.1, -0.05) is 56.3 Å². The number of carbonyl (C=O) groups is 3. The molecule has 0 unspecified atom stereocenters. The van der Waals surface area contributed by atoms with Crippen LogP contribution in [0.1, 0.15) is 24.2 Å². The van der Waals surface area contributed by atoms with E-state index >= 15 is 0 Å². The zero-order valence-corrected chi connectivity index (χ0v) is 14.8. The standard InChI is InChI=1S/C20H22N2O4/c1-14(2)12-21-20(25)22-18(23)13-26-19(24)17-10-8-16(9-11-17)15-6-4-3-5-7-15/h3-11,14H,12-13H2,1-2H3,(H2,21,22,23,25). The van der Waals surface area contributed by atoms with E-state index in [4.69, 9.17) is 4.74 Å². The Morgan fingerprint density at radius 2 is 1.54 bits per heavy atom. The molecule has 0 aromatic heterocycles. The fourth-order valence-electron chi connectivity index (χ4n) is 2.15. The zero-order chi connectivity index (χ0) is 18.9. The Kier molecular flexibility index (Phi) is 6.91. The molecule has 6 nitrogen and oxygen atoms in total. The quantitative estimate of drug-likeness (QED) is 0.781. The van der Waals surface area contributed by atoms with Crippen LogP contribution in [0.25, 0.3) is 11.1 Å². The van der Waals surface area contributed by atoms with Gasteiger partial charge in [0.15, 0.2) is 6.61 Å². The predicted molar refractivity (Wildman–Crippen MR) is 98.5 cm³/mol. The lowest BCUT2D eigenvalue weighted by molar-refractivity contribution is -0.123. The van der Waals surface area contributed by atoms with E-state index in [2.05, 4.69) is 10.6 Å². The van der Waals surface area contributed by atoms with Gasteiger partial charge in [-0.15, -0.1) is 0 Å². The molecule has 3 amide bonds. The van der Waals surface area contributed by atoms with E-state index in [0.717, 1.165) is 11.1 Å². The third-order valence-corrected chi connectivity index (χ3v) is 3.49. The van der Waals surface area contributed by atoms with Crippen molar-refractivity contribution >= 4 is 17.9 Å². The van der Waals surface area contributed by atoms with E-state index < -0.39 is 24.5 Å². The SMILES string of the molecule is CC(C)CNC(=O)NC(=O)COC(=O)c1ccc(-c2ccccc2)cc1. The number of ether oxygens (including phenoxy) is 1. The molecule has 0 aliphatic heterocycles. The number of hydrogen-bond acceptors (Lipinski definition) is 4. The number of amides is 3. The molecule has 0 heterocycles. The molecule has 26 heavy (non-hydrogen) atoms. The molecule has 0 atom stereocenters. The molecule has 0 bridgehead atoms.